The number of fused-ring (bicyclic) bond motifs is 1. The number of aliphatic hydroxyl groups is 1. The molecule has 1 atom stereocenters. The monoisotopic (exact) mass is 395 g/mol. The molecule has 0 amide bonds. The average Bonchev–Trinajstić information content (AvgIpc) is 3.01. The second-order valence-corrected chi connectivity index (χ2v) is 6.54. The van der Waals surface area contributed by atoms with Crippen LogP contribution in [-0.2, 0) is 6.61 Å². The quantitative estimate of drug-likeness (QED) is 0.670. The van der Waals surface area contributed by atoms with Crippen LogP contribution >= 0.6 is 0 Å². The Morgan fingerprint density at radius 1 is 1.32 bits per heavy atom. The number of rotatable bonds is 6. The lowest BCUT2D eigenvalue weighted by Gasteiger charge is -2.18. The van der Waals surface area contributed by atoms with E-state index in [2.05, 4.69) is 15.1 Å². The molecule has 1 aromatic carbocycles. The summed E-state index contributed by atoms with van der Waals surface area (Å²) in [5.74, 6) is -0.721. The van der Waals surface area contributed by atoms with E-state index in [0.717, 1.165) is 12.1 Å². The molecule has 0 aliphatic rings. The largest absolute Gasteiger partial charge is 0.390 e. The molecule has 0 spiro atoms. The van der Waals surface area contributed by atoms with Crippen molar-refractivity contribution in [2.45, 2.75) is 32.4 Å². The first kappa shape index (κ1) is 19.9. The summed E-state index contributed by atoms with van der Waals surface area (Å²) in [5.41, 5.74) is -0.367. The van der Waals surface area contributed by atoms with Crippen LogP contribution in [-0.4, -0.2) is 39.0 Å². The molecule has 0 bridgehead atoms. The van der Waals surface area contributed by atoms with Crippen molar-refractivity contribution >= 4 is 17.0 Å². The van der Waals surface area contributed by atoms with Gasteiger partial charge in [-0.3, -0.25) is 9.78 Å². The average molecular weight is 395 g/mol. The van der Waals surface area contributed by atoms with E-state index in [0.29, 0.717) is 12.0 Å². The summed E-state index contributed by atoms with van der Waals surface area (Å²) in [6.07, 6.45) is -2.48. The number of nitrogens with zero attached hydrogens (tertiary/aromatic N) is 4. The van der Waals surface area contributed by atoms with Gasteiger partial charge < -0.3 is 10.0 Å². The van der Waals surface area contributed by atoms with E-state index in [1.165, 1.54) is 10.7 Å². The van der Waals surface area contributed by atoms with Crippen LogP contribution in [0.1, 0.15) is 42.6 Å². The Bertz CT molecular complexity index is 1060. The standard InChI is InChI=1S/C18H20F3N5O2/c1-4-13(9-5-6-10(15(20)21)11(19)7-9)26-16-14(12(8-27)24-26)17(28)23-18(22-16)25(2)3/h5-7,13,15,27H,4,8H2,1-3H3,(H,22,23,28)/t13-/m0/s1. The maximum absolute atomic E-state index is 14.1. The summed E-state index contributed by atoms with van der Waals surface area (Å²) in [7, 11) is 3.40. The number of halogens is 3. The van der Waals surface area contributed by atoms with E-state index < -0.39 is 36.0 Å². The summed E-state index contributed by atoms with van der Waals surface area (Å²) in [5, 5.41) is 14.0. The van der Waals surface area contributed by atoms with Gasteiger partial charge in [-0.2, -0.15) is 10.1 Å². The molecule has 3 aromatic rings. The maximum atomic E-state index is 14.1. The number of aromatic amines is 1. The van der Waals surface area contributed by atoms with Crippen molar-refractivity contribution in [1.29, 1.82) is 0 Å². The second kappa shape index (κ2) is 7.63. The fourth-order valence-corrected chi connectivity index (χ4v) is 3.12. The molecule has 150 valence electrons. The van der Waals surface area contributed by atoms with Gasteiger partial charge in [0.15, 0.2) is 5.65 Å². The Kier molecular flexibility index (Phi) is 5.41. The van der Waals surface area contributed by atoms with Crippen LogP contribution in [0.25, 0.3) is 11.0 Å². The van der Waals surface area contributed by atoms with Crippen molar-refractivity contribution in [3.8, 4) is 0 Å². The summed E-state index contributed by atoms with van der Waals surface area (Å²) in [6.45, 7) is 1.33. The normalized spacial score (nSPS) is 12.7. The van der Waals surface area contributed by atoms with Gasteiger partial charge in [0.2, 0.25) is 5.95 Å². The predicted molar refractivity (Wildman–Crippen MR) is 98.2 cm³/mol. The Hall–Kier alpha value is -2.88. The van der Waals surface area contributed by atoms with E-state index in [4.69, 9.17) is 0 Å². The summed E-state index contributed by atoms with van der Waals surface area (Å²) in [4.78, 5) is 21.1. The van der Waals surface area contributed by atoms with Gasteiger partial charge in [-0.15, -0.1) is 0 Å². The lowest BCUT2D eigenvalue weighted by atomic mass is 10.0. The van der Waals surface area contributed by atoms with Gasteiger partial charge in [0.25, 0.3) is 12.0 Å². The van der Waals surface area contributed by atoms with Crippen LogP contribution in [0, 0.1) is 5.82 Å². The molecule has 3 rings (SSSR count). The first-order valence-electron chi connectivity index (χ1n) is 8.65. The van der Waals surface area contributed by atoms with Gasteiger partial charge >= 0.3 is 0 Å². The lowest BCUT2D eigenvalue weighted by molar-refractivity contribution is 0.146. The van der Waals surface area contributed by atoms with Gasteiger partial charge in [-0.1, -0.05) is 19.1 Å². The van der Waals surface area contributed by atoms with Crippen molar-refractivity contribution in [3.05, 3.63) is 51.2 Å². The molecule has 0 aliphatic heterocycles. The Morgan fingerprint density at radius 2 is 2.04 bits per heavy atom. The number of hydrogen-bond acceptors (Lipinski definition) is 5. The molecule has 2 aromatic heterocycles. The number of nitrogens with one attached hydrogen (secondary N) is 1. The van der Waals surface area contributed by atoms with Gasteiger partial charge in [0.05, 0.1) is 18.2 Å². The minimum Gasteiger partial charge on any atom is -0.390 e. The first-order valence-corrected chi connectivity index (χ1v) is 8.65. The zero-order valence-electron chi connectivity index (χ0n) is 15.6. The van der Waals surface area contributed by atoms with Crippen molar-refractivity contribution in [3.63, 3.8) is 0 Å². The molecule has 0 fully saturated rings. The molecule has 2 N–H and O–H groups in total. The third kappa shape index (κ3) is 3.35. The molecular weight excluding hydrogens is 375 g/mol. The topological polar surface area (TPSA) is 87.0 Å². The minimum absolute atomic E-state index is 0.135. The smallest absolute Gasteiger partial charge is 0.266 e. The van der Waals surface area contributed by atoms with Gasteiger partial charge in [-0.05, 0) is 18.1 Å². The van der Waals surface area contributed by atoms with Crippen LogP contribution < -0.4 is 10.5 Å². The maximum Gasteiger partial charge on any atom is 0.266 e. The highest BCUT2D eigenvalue weighted by Crippen LogP contribution is 2.30. The number of aliphatic hydroxyl groups excluding tert-OH is 1. The van der Waals surface area contributed by atoms with Crippen LogP contribution in [0.4, 0.5) is 19.1 Å². The van der Waals surface area contributed by atoms with Crippen LogP contribution in [0.3, 0.4) is 0 Å². The van der Waals surface area contributed by atoms with Gasteiger partial charge in [0.1, 0.15) is 16.9 Å². The highest BCUT2D eigenvalue weighted by Gasteiger charge is 2.24. The molecule has 0 saturated heterocycles. The Labute approximate surface area is 158 Å². The number of anilines is 1. The van der Waals surface area contributed by atoms with Crippen LogP contribution in [0.2, 0.25) is 0 Å². The first-order chi connectivity index (χ1) is 13.3. The number of hydrogen-bond donors (Lipinski definition) is 2. The third-order valence-electron chi connectivity index (χ3n) is 4.52. The summed E-state index contributed by atoms with van der Waals surface area (Å²) < 4.78 is 41.2. The highest BCUT2D eigenvalue weighted by atomic mass is 19.3. The van der Waals surface area contributed by atoms with Crippen LogP contribution in [0.15, 0.2) is 23.0 Å². The summed E-state index contributed by atoms with van der Waals surface area (Å²) >= 11 is 0. The molecule has 10 heteroatoms. The summed E-state index contributed by atoms with van der Waals surface area (Å²) in [6, 6.07) is 2.93. The van der Waals surface area contributed by atoms with Crippen molar-refractivity contribution < 1.29 is 18.3 Å². The molecule has 0 radical (unpaired) electrons. The third-order valence-corrected chi connectivity index (χ3v) is 4.52. The van der Waals surface area contributed by atoms with Crippen LogP contribution in [0.5, 0.6) is 0 Å². The number of aromatic nitrogens is 4. The van der Waals surface area contributed by atoms with Gasteiger partial charge in [0, 0.05) is 14.1 Å². The predicted octanol–water partition coefficient (Wildman–Crippen LogP) is 2.75. The molecule has 0 aliphatic carbocycles. The Morgan fingerprint density at radius 3 is 2.57 bits per heavy atom. The molecule has 2 heterocycles. The number of benzene rings is 1. The fourth-order valence-electron chi connectivity index (χ4n) is 3.12. The zero-order valence-corrected chi connectivity index (χ0v) is 15.6. The van der Waals surface area contributed by atoms with E-state index in [1.807, 2.05) is 6.92 Å². The molecular formula is C18H20F3N5O2. The van der Waals surface area contributed by atoms with Gasteiger partial charge in [-0.25, -0.2) is 17.9 Å². The lowest BCUT2D eigenvalue weighted by Crippen LogP contribution is -2.20. The molecule has 0 unspecified atom stereocenters. The number of alkyl halides is 2. The molecule has 0 saturated carbocycles. The zero-order chi connectivity index (χ0) is 20.6. The fraction of sp³-hybridized carbons (Fsp3) is 0.389. The van der Waals surface area contributed by atoms with Crippen molar-refractivity contribution in [2.75, 3.05) is 19.0 Å². The minimum atomic E-state index is -2.91. The molecule has 28 heavy (non-hydrogen) atoms. The van der Waals surface area contributed by atoms with Crippen molar-refractivity contribution in [1.82, 2.24) is 19.7 Å². The van der Waals surface area contributed by atoms with Crippen molar-refractivity contribution in [2.24, 2.45) is 0 Å². The second-order valence-electron chi connectivity index (χ2n) is 6.54. The van der Waals surface area contributed by atoms with E-state index in [9.17, 15) is 23.1 Å². The van der Waals surface area contributed by atoms with E-state index >= 15 is 0 Å². The number of H-pyrrole nitrogens is 1. The van der Waals surface area contributed by atoms with E-state index in [1.54, 1.807) is 19.0 Å². The Balaban J connectivity index is 2.23. The SMILES string of the molecule is CC[C@@H](c1ccc(C(F)F)c(F)c1)n1nc(CO)c2c(=O)[nH]c(N(C)C)nc21. The highest BCUT2D eigenvalue weighted by molar-refractivity contribution is 5.78. The molecule has 7 nitrogen and oxygen atoms in total. The van der Waals surface area contributed by atoms with E-state index in [-0.39, 0.29) is 22.7 Å².